The molecular formula is C12H22N2O3. The minimum absolute atomic E-state index is 0.164. The van der Waals surface area contributed by atoms with Gasteiger partial charge in [-0.3, -0.25) is 4.79 Å². The van der Waals surface area contributed by atoms with Crippen molar-refractivity contribution in [2.24, 2.45) is 5.92 Å². The number of methoxy groups -OCH3 is 1. The lowest BCUT2D eigenvalue weighted by Crippen LogP contribution is -2.45. The molecule has 0 spiro atoms. The van der Waals surface area contributed by atoms with Crippen LogP contribution < -0.4 is 10.6 Å². The molecule has 0 aromatic heterocycles. The molecule has 5 heteroatoms. The third kappa shape index (κ3) is 7.52. The standard InChI is InChI=1S/C12H22N2O3/c1-5-6-13-8-11(15)14-10(7-9(2)3)12(16)17-4/h5,9-10,13H,1,6-8H2,2-4H3,(H,14,15)/t10-/m0/s1. The van der Waals surface area contributed by atoms with Crippen molar-refractivity contribution in [3.05, 3.63) is 12.7 Å². The Labute approximate surface area is 103 Å². The monoisotopic (exact) mass is 242 g/mol. The number of amides is 1. The number of ether oxygens (including phenoxy) is 1. The van der Waals surface area contributed by atoms with Gasteiger partial charge in [0.2, 0.25) is 5.91 Å². The second-order valence-electron chi connectivity index (χ2n) is 4.19. The Balaban J connectivity index is 4.17. The molecule has 0 saturated carbocycles. The number of carbonyl (C=O) groups is 2. The number of rotatable bonds is 8. The third-order valence-corrected chi connectivity index (χ3v) is 2.10. The lowest BCUT2D eigenvalue weighted by atomic mass is 10.0. The molecule has 1 atom stereocenters. The lowest BCUT2D eigenvalue weighted by molar-refractivity contribution is -0.145. The number of hydrogen-bond donors (Lipinski definition) is 2. The van der Waals surface area contributed by atoms with E-state index in [4.69, 9.17) is 0 Å². The molecule has 2 N–H and O–H groups in total. The Hall–Kier alpha value is -1.36. The molecule has 0 aromatic carbocycles. The van der Waals surface area contributed by atoms with Crippen molar-refractivity contribution < 1.29 is 14.3 Å². The highest BCUT2D eigenvalue weighted by Crippen LogP contribution is 2.05. The van der Waals surface area contributed by atoms with Crippen molar-refractivity contribution in [3.8, 4) is 0 Å². The van der Waals surface area contributed by atoms with Crippen molar-refractivity contribution in [1.82, 2.24) is 10.6 Å². The Morgan fingerprint density at radius 3 is 2.53 bits per heavy atom. The molecule has 1 amide bonds. The molecule has 0 bridgehead atoms. The SMILES string of the molecule is C=CCNCC(=O)N[C@@H](CC(C)C)C(=O)OC. The van der Waals surface area contributed by atoms with E-state index in [1.165, 1.54) is 7.11 Å². The first-order valence-electron chi connectivity index (χ1n) is 5.70. The van der Waals surface area contributed by atoms with Crippen LogP contribution in [0.4, 0.5) is 0 Å². The van der Waals surface area contributed by atoms with Crippen LogP contribution in [-0.2, 0) is 14.3 Å². The molecule has 0 aromatic rings. The summed E-state index contributed by atoms with van der Waals surface area (Å²) in [6.07, 6.45) is 2.24. The van der Waals surface area contributed by atoms with Gasteiger partial charge in [0.05, 0.1) is 13.7 Å². The van der Waals surface area contributed by atoms with Crippen LogP contribution in [0.5, 0.6) is 0 Å². The van der Waals surface area contributed by atoms with Gasteiger partial charge in [0, 0.05) is 6.54 Å². The predicted octanol–water partition coefficient (Wildman–Crippen LogP) is 0.466. The summed E-state index contributed by atoms with van der Waals surface area (Å²) in [5.74, 6) is -0.320. The highest BCUT2D eigenvalue weighted by molar-refractivity contribution is 5.85. The fourth-order valence-electron chi connectivity index (χ4n) is 1.36. The molecule has 0 aliphatic rings. The average Bonchev–Trinajstić information content (AvgIpc) is 2.27. The molecule has 17 heavy (non-hydrogen) atoms. The number of nitrogens with one attached hydrogen (secondary N) is 2. The van der Waals surface area contributed by atoms with Gasteiger partial charge >= 0.3 is 5.97 Å². The van der Waals surface area contributed by atoms with Crippen LogP contribution in [0.25, 0.3) is 0 Å². The van der Waals surface area contributed by atoms with Gasteiger partial charge in [-0.15, -0.1) is 6.58 Å². The van der Waals surface area contributed by atoms with Gasteiger partial charge in [0.15, 0.2) is 0 Å². The highest BCUT2D eigenvalue weighted by Gasteiger charge is 2.22. The highest BCUT2D eigenvalue weighted by atomic mass is 16.5. The maximum atomic E-state index is 11.5. The largest absolute Gasteiger partial charge is 0.467 e. The van der Waals surface area contributed by atoms with Crippen molar-refractivity contribution in [2.45, 2.75) is 26.3 Å². The van der Waals surface area contributed by atoms with Gasteiger partial charge in [0.1, 0.15) is 6.04 Å². The van der Waals surface area contributed by atoms with E-state index >= 15 is 0 Å². The first kappa shape index (κ1) is 15.6. The predicted molar refractivity (Wildman–Crippen MR) is 66.5 cm³/mol. The topological polar surface area (TPSA) is 67.4 Å². The van der Waals surface area contributed by atoms with E-state index in [0.29, 0.717) is 18.9 Å². The zero-order valence-corrected chi connectivity index (χ0v) is 10.8. The van der Waals surface area contributed by atoms with E-state index in [9.17, 15) is 9.59 Å². The summed E-state index contributed by atoms with van der Waals surface area (Å²) >= 11 is 0. The smallest absolute Gasteiger partial charge is 0.328 e. The van der Waals surface area contributed by atoms with Crippen molar-refractivity contribution in [2.75, 3.05) is 20.2 Å². The Bertz CT molecular complexity index is 264. The Morgan fingerprint density at radius 1 is 1.41 bits per heavy atom. The molecule has 0 aliphatic carbocycles. The molecule has 0 radical (unpaired) electrons. The molecule has 0 fully saturated rings. The Morgan fingerprint density at radius 2 is 2.06 bits per heavy atom. The second kappa shape index (κ2) is 8.75. The van der Waals surface area contributed by atoms with Gasteiger partial charge < -0.3 is 15.4 Å². The van der Waals surface area contributed by atoms with Crippen LogP contribution >= 0.6 is 0 Å². The molecule has 0 saturated heterocycles. The number of hydrogen-bond acceptors (Lipinski definition) is 4. The first-order chi connectivity index (χ1) is 8.01. The summed E-state index contributed by atoms with van der Waals surface area (Å²) in [5, 5.41) is 5.52. The van der Waals surface area contributed by atoms with Crippen molar-refractivity contribution in [3.63, 3.8) is 0 Å². The summed E-state index contributed by atoms with van der Waals surface area (Å²) in [7, 11) is 1.32. The normalized spacial score (nSPS) is 12.0. The molecule has 0 unspecified atom stereocenters. The summed E-state index contributed by atoms with van der Waals surface area (Å²) < 4.78 is 4.65. The summed E-state index contributed by atoms with van der Waals surface area (Å²) in [4.78, 5) is 23.0. The van der Waals surface area contributed by atoms with Crippen molar-refractivity contribution >= 4 is 11.9 Å². The van der Waals surface area contributed by atoms with Crippen LogP contribution in [0, 0.1) is 5.92 Å². The van der Waals surface area contributed by atoms with Gasteiger partial charge in [-0.05, 0) is 12.3 Å². The quantitative estimate of drug-likeness (QED) is 0.369. The van der Waals surface area contributed by atoms with Crippen LogP contribution in [0.15, 0.2) is 12.7 Å². The number of esters is 1. The summed E-state index contributed by atoms with van der Waals surface area (Å²) in [5.41, 5.74) is 0. The second-order valence-corrected chi connectivity index (χ2v) is 4.19. The maximum absolute atomic E-state index is 11.5. The fraction of sp³-hybridized carbons (Fsp3) is 0.667. The van der Waals surface area contributed by atoms with E-state index in [2.05, 4.69) is 21.9 Å². The molecule has 0 heterocycles. The Kier molecular flexibility index (Phi) is 8.05. The van der Waals surface area contributed by atoms with Gasteiger partial charge in [-0.25, -0.2) is 4.79 Å². The maximum Gasteiger partial charge on any atom is 0.328 e. The van der Waals surface area contributed by atoms with E-state index in [1.54, 1.807) is 6.08 Å². The molecule has 5 nitrogen and oxygen atoms in total. The molecular weight excluding hydrogens is 220 g/mol. The summed E-state index contributed by atoms with van der Waals surface area (Å²) in [6.45, 7) is 8.22. The van der Waals surface area contributed by atoms with Crippen LogP contribution in [0.3, 0.4) is 0 Å². The first-order valence-corrected chi connectivity index (χ1v) is 5.70. The fourth-order valence-corrected chi connectivity index (χ4v) is 1.36. The van der Waals surface area contributed by atoms with Gasteiger partial charge in [-0.1, -0.05) is 19.9 Å². The van der Waals surface area contributed by atoms with Crippen LogP contribution in [-0.4, -0.2) is 38.1 Å². The van der Waals surface area contributed by atoms with Crippen LogP contribution in [0.2, 0.25) is 0 Å². The zero-order chi connectivity index (χ0) is 13.3. The van der Waals surface area contributed by atoms with E-state index < -0.39 is 12.0 Å². The average molecular weight is 242 g/mol. The summed E-state index contributed by atoms with van der Waals surface area (Å²) in [6, 6.07) is -0.571. The van der Waals surface area contributed by atoms with E-state index in [-0.39, 0.29) is 12.5 Å². The molecule has 0 rings (SSSR count). The van der Waals surface area contributed by atoms with Crippen LogP contribution in [0.1, 0.15) is 20.3 Å². The third-order valence-electron chi connectivity index (χ3n) is 2.10. The number of carbonyl (C=O) groups excluding carboxylic acids is 2. The van der Waals surface area contributed by atoms with Crippen molar-refractivity contribution in [1.29, 1.82) is 0 Å². The molecule has 0 aliphatic heterocycles. The van der Waals surface area contributed by atoms with E-state index in [1.807, 2.05) is 13.8 Å². The van der Waals surface area contributed by atoms with Gasteiger partial charge in [-0.2, -0.15) is 0 Å². The van der Waals surface area contributed by atoms with Gasteiger partial charge in [0.25, 0.3) is 0 Å². The zero-order valence-electron chi connectivity index (χ0n) is 10.8. The minimum Gasteiger partial charge on any atom is -0.467 e. The molecule has 98 valence electrons. The lowest BCUT2D eigenvalue weighted by Gasteiger charge is -2.18. The minimum atomic E-state index is -0.571. The van der Waals surface area contributed by atoms with E-state index in [0.717, 1.165) is 0 Å².